The van der Waals surface area contributed by atoms with Crippen LogP contribution in [0.4, 0.5) is 0 Å². The summed E-state index contributed by atoms with van der Waals surface area (Å²) in [4.78, 5) is 21.6. The number of nitrogens with one attached hydrogen (secondary N) is 1. The lowest BCUT2D eigenvalue weighted by atomic mass is 10.2. The predicted octanol–water partition coefficient (Wildman–Crippen LogP) is 0.950. The number of rotatable bonds is 8. The van der Waals surface area contributed by atoms with E-state index in [1.54, 1.807) is 19.9 Å². The third-order valence-electron chi connectivity index (χ3n) is 1.96. The van der Waals surface area contributed by atoms with Gasteiger partial charge >= 0.3 is 11.9 Å². The fraction of sp³-hybridized carbons (Fsp3) is 0.636. The van der Waals surface area contributed by atoms with Gasteiger partial charge in [0.2, 0.25) is 0 Å². The molecule has 0 fully saturated rings. The van der Waals surface area contributed by atoms with Gasteiger partial charge in [-0.1, -0.05) is 13.0 Å². The average Bonchev–Trinajstić information content (AvgIpc) is 2.23. The Morgan fingerprint density at radius 2 is 2.06 bits per heavy atom. The monoisotopic (exact) mass is 229 g/mol. The fourth-order valence-corrected chi connectivity index (χ4v) is 1.10. The normalized spacial score (nSPS) is 11.2. The van der Waals surface area contributed by atoms with E-state index in [1.807, 2.05) is 0 Å². The van der Waals surface area contributed by atoms with E-state index in [2.05, 4.69) is 5.32 Å². The van der Waals surface area contributed by atoms with Gasteiger partial charge in [-0.15, -0.1) is 0 Å². The van der Waals surface area contributed by atoms with E-state index in [9.17, 15) is 9.59 Å². The Labute approximate surface area is 95.5 Å². The van der Waals surface area contributed by atoms with Crippen LogP contribution >= 0.6 is 0 Å². The third-order valence-corrected chi connectivity index (χ3v) is 1.96. The van der Waals surface area contributed by atoms with Crippen LogP contribution in [0.1, 0.15) is 26.7 Å². The molecule has 0 aromatic carbocycles. The summed E-state index contributed by atoms with van der Waals surface area (Å²) in [6.45, 7) is 4.88. The summed E-state index contributed by atoms with van der Waals surface area (Å²) in [6, 6.07) is 0. The minimum absolute atomic E-state index is 0.243. The van der Waals surface area contributed by atoms with Crippen molar-refractivity contribution in [1.82, 2.24) is 5.32 Å². The van der Waals surface area contributed by atoms with Crippen molar-refractivity contribution in [3.63, 3.8) is 0 Å². The summed E-state index contributed by atoms with van der Waals surface area (Å²) in [5.41, 5.74) is 0.378. The summed E-state index contributed by atoms with van der Waals surface area (Å²) in [7, 11) is 0. The summed E-state index contributed by atoms with van der Waals surface area (Å²) >= 11 is 0. The van der Waals surface area contributed by atoms with Gasteiger partial charge in [-0.25, -0.2) is 4.79 Å². The van der Waals surface area contributed by atoms with Crippen LogP contribution in [-0.2, 0) is 14.3 Å². The maximum atomic E-state index is 10.9. The smallest absolute Gasteiger partial charge is 0.331 e. The van der Waals surface area contributed by atoms with E-state index in [-0.39, 0.29) is 5.97 Å². The van der Waals surface area contributed by atoms with Gasteiger partial charge in [0.25, 0.3) is 0 Å². The molecule has 0 saturated carbocycles. The molecular formula is C11H19NO4. The van der Waals surface area contributed by atoms with E-state index in [0.29, 0.717) is 38.1 Å². The fourth-order valence-electron chi connectivity index (χ4n) is 1.10. The molecule has 5 heteroatoms. The van der Waals surface area contributed by atoms with Crippen LogP contribution in [0.5, 0.6) is 0 Å². The number of ether oxygens (including phenoxy) is 1. The molecule has 0 bridgehead atoms. The SMILES string of the molecule is CCOC(=O)CCNC/C=C(/CC)C(=O)O. The van der Waals surface area contributed by atoms with Gasteiger partial charge in [0.15, 0.2) is 0 Å². The molecule has 2 N–H and O–H groups in total. The standard InChI is InChI=1S/C11H19NO4/c1-3-9(11(14)15)5-7-12-8-6-10(13)16-4-2/h5,12H,3-4,6-8H2,1-2H3,(H,14,15)/b9-5-. The molecule has 0 heterocycles. The molecular weight excluding hydrogens is 210 g/mol. The van der Waals surface area contributed by atoms with Crippen LogP contribution in [-0.4, -0.2) is 36.7 Å². The zero-order valence-corrected chi connectivity index (χ0v) is 9.78. The van der Waals surface area contributed by atoms with Crippen molar-refractivity contribution in [3.8, 4) is 0 Å². The maximum absolute atomic E-state index is 10.9. The molecule has 0 aliphatic heterocycles. The van der Waals surface area contributed by atoms with Crippen molar-refractivity contribution in [3.05, 3.63) is 11.6 Å². The molecule has 0 spiro atoms. The second kappa shape index (κ2) is 8.91. The average molecular weight is 229 g/mol. The predicted molar refractivity (Wildman–Crippen MR) is 60.1 cm³/mol. The molecule has 0 atom stereocenters. The Kier molecular flexibility index (Phi) is 8.15. The largest absolute Gasteiger partial charge is 0.478 e. The maximum Gasteiger partial charge on any atom is 0.331 e. The number of hydrogen-bond acceptors (Lipinski definition) is 4. The second-order valence-electron chi connectivity index (χ2n) is 3.15. The van der Waals surface area contributed by atoms with Crippen molar-refractivity contribution in [2.24, 2.45) is 0 Å². The molecule has 0 radical (unpaired) electrons. The van der Waals surface area contributed by atoms with Gasteiger partial charge in [-0.3, -0.25) is 4.79 Å². The molecule has 0 aliphatic rings. The number of carbonyl (C=O) groups excluding carboxylic acids is 1. The van der Waals surface area contributed by atoms with E-state index >= 15 is 0 Å². The summed E-state index contributed by atoms with van der Waals surface area (Å²) in [5, 5.41) is 11.7. The number of carbonyl (C=O) groups is 2. The number of hydrogen-bond donors (Lipinski definition) is 2. The molecule has 0 aromatic heterocycles. The Morgan fingerprint density at radius 1 is 1.38 bits per heavy atom. The Balaban J connectivity index is 3.66. The topological polar surface area (TPSA) is 75.6 Å². The van der Waals surface area contributed by atoms with Gasteiger partial charge in [0.1, 0.15) is 0 Å². The second-order valence-corrected chi connectivity index (χ2v) is 3.15. The lowest BCUT2D eigenvalue weighted by Crippen LogP contribution is -2.20. The van der Waals surface area contributed by atoms with E-state index < -0.39 is 5.97 Å². The van der Waals surface area contributed by atoms with Crippen LogP contribution in [0, 0.1) is 0 Å². The molecule has 16 heavy (non-hydrogen) atoms. The van der Waals surface area contributed by atoms with E-state index in [4.69, 9.17) is 9.84 Å². The molecule has 0 aromatic rings. The van der Waals surface area contributed by atoms with Crippen molar-refractivity contribution in [1.29, 1.82) is 0 Å². The van der Waals surface area contributed by atoms with Crippen LogP contribution in [0.15, 0.2) is 11.6 Å². The van der Waals surface area contributed by atoms with Gasteiger partial charge in [0, 0.05) is 18.7 Å². The Hall–Kier alpha value is -1.36. The van der Waals surface area contributed by atoms with Crippen LogP contribution in [0.2, 0.25) is 0 Å². The zero-order valence-electron chi connectivity index (χ0n) is 9.78. The lowest BCUT2D eigenvalue weighted by molar-refractivity contribution is -0.143. The van der Waals surface area contributed by atoms with Gasteiger partial charge in [0.05, 0.1) is 13.0 Å². The Morgan fingerprint density at radius 3 is 2.56 bits per heavy atom. The highest BCUT2D eigenvalue weighted by Crippen LogP contribution is 1.98. The summed E-state index contributed by atoms with van der Waals surface area (Å²) < 4.78 is 4.74. The van der Waals surface area contributed by atoms with E-state index in [0.717, 1.165) is 0 Å². The minimum atomic E-state index is -0.894. The number of esters is 1. The van der Waals surface area contributed by atoms with E-state index in [1.165, 1.54) is 0 Å². The molecule has 0 unspecified atom stereocenters. The zero-order chi connectivity index (χ0) is 12.4. The quantitative estimate of drug-likeness (QED) is 0.368. The van der Waals surface area contributed by atoms with Crippen LogP contribution < -0.4 is 5.32 Å². The van der Waals surface area contributed by atoms with Crippen LogP contribution in [0.3, 0.4) is 0 Å². The number of carboxylic acids is 1. The molecule has 5 nitrogen and oxygen atoms in total. The molecule has 0 aliphatic carbocycles. The molecule has 92 valence electrons. The first-order chi connectivity index (χ1) is 7.61. The van der Waals surface area contributed by atoms with Gasteiger partial charge < -0.3 is 15.2 Å². The molecule has 0 saturated heterocycles. The number of carboxylic acid groups (broad SMARTS) is 1. The first-order valence-corrected chi connectivity index (χ1v) is 5.40. The van der Waals surface area contributed by atoms with Crippen LogP contribution in [0.25, 0.3) is 0 Å². The third kappa shape index (κ3) is 7.00. The van der Waals surface area contributed by atoms with Crippen molar-refractivity contribution < 1.29 is 19.4 Å². The Bertz CT molecular complexity index is 261. The lowest BCUT2D eigenvalue weighted by Gasteiger charge is -2.03. The summed E-state index contributed by atoms with van der Waals surface area (Å²) in [5.74, 6) is -1.14. The highest BCUT2D eigenvalue weighted by molar-refractivity contribution is 5.86. The molecule has 0 rings (SSSR count). The molecule has 0 amide bonds. The highest BCUT2D eigenvalue weighted by Gasteiger charge is 2.03. The minimum Gasteiger partial charge on any atom is -0.478 e. The van der Waals surface area contributed by atoms with Gasteiger partial charge in [-0.2, -0.15) is 0 Å². The number of aliphatic carboxylic acids is 1. The summed E-state index contributed by atoms with van der Waals surface area (Å²) in [6.07, 6.45) is 2.42. The van der Waals surface area contributed by atoms with Crippen molar-refractivity contribution in [2.45, 2.75) is 26.7 Å². The highest BCUT2D eigenvalue weighted by atomic mass is 16.5. The first-order valence-electron chi connectivity index (χ1n) is 5.40. The first kappa shape index (κ1) is 14.6. The van der Waals surface area contributed by atoms with Crippen molar-refractivity contribution in [2.75, 3.05) is 19.7 Å². The van der Waals surface area contributed by atoms with Crippen molar-refractivity contribution >= 4 is 11.9 Å². The van der Waals surface area contributed by atoms with Gasteiger partial charge in [-0.05, 0) is 13.3 Å².